The number of H-pyrrole nitrogens is 1. The van der Waals surface area contributed by atoms with Crippen LogP contribution >= 0.6 is 0 Å². The molecule has 0 bridgehead atoms. The van der Waals surface area contributed by atoms with Crippen molar-refractivity contribution in [2.75, 3.05) is 52.7 Å². The van der Waals surface area contributed by atoms with E-state index >= 15 is 0 Å². The molecule has 2 aliphatic rings. The van der Waals surface area contributed by atoms with E-state index < -0.39 is 6.29 Å². The van der Waals surface area contributed by atoms with E-state index in [1.165, 1.54) is 0 Å². The second-order valence-electron chi connectivity index (χ2n) is 10.7. The summed E-state index contributed by atoms with van der Waals surface area (Å²) in [7, 11) is 0. The van der Waals surface area contributed by atoms with E-state index in [2.05, 4.69) is 17.1 Å². The topological polar surface area (TPSA) is 115 Å². The molecule has 3 atom stereocenters. The molecule has 1 aromatic heterocycles. The molecule has 10 heteroatoms. The Hall–Kier alpha value is -3.44. The van der Waals surface area contributed by atoms with Crippen LogP contribution < -0.4 is 5.69 Å². The molecule has 3 heterocycles. The van der Waals surface area contributed by atoms with Crippen molar-refractivity contribution < 1.29 is 28.8 Å². The van der Waals surface area contributed by atoms with Gasteiger partial charge in [-0.05, 0) is 50.0 Å². The number of aliphatic hydroxyl groups is 1. The Kier molecular flexibility index (Phi) is 10.5. The molecule has 3 aromatic rings. The molecule has 2 aromatic carbocycles. The van der Waals surface area contributed by atoms with Gasteiger partial charge < -0.3 is 33.9 Å². The quantitative estimate of drug-likeness (QED) is 0.298. The van der Waals surface area contributed by atoms with Crippen LogP contribution in [0.15, 0.2) is 71.2 Å². The molecule has 5 rings (SSSR count). The summed E-state index contributed by atoms with van der Waals surface area (Å²) >= 11 is 0. The van der Waals surface area contributed by atoms with E-state index in [0.717, 1.165) is 16.6 Å². The minimum atomic E-state index is -0.597. The van der Waals surface area contributed by atoms with Gasteiger partial charge in [0.15, 0.2) is 5.76 Å². The van der Waals surface area contributed by atoms with Gasteiger partial charge in [-0.3, -0.25) is 9.36 Å². The number of aromatic amines is 1. The standard InChI is InChI=1S/C32H41N3O7/c1-2-41-31-25(14-18-39-20-21-40-19-17-36)26(23-8-4-3-5-9-23)22-29(42-31)30(37)34-15-12-24(13-16-34)35-28-11-7-6-10-27(28)33-32(35)38/h3-11,22,24-26,31,36H,2,12-21H2,1H3,(H,33,38)/t25-,26-,31-/m1/s1. The summed E-state index contributed by atoms with van der Waals surface area (Å²) < 4.78 is 25.2. The van der Waals surface area contributed by atoms with Crippen LogP contribution in [0, 0.1) is 5.92 Å². The number of para-hydroxylation sites is 2. The van der Waals surface area contributed by atoms with Gasteiger partial charge in [0.1, 0.15) is 0 Å². The minimum Gasteiger partial charge on any atom is -0.459 e. The lowest BCUT2D eigenvalue weighted by Gasteiger charge is -2.39. The van der Waals surface area contributed by atoms with Gasteiger partial charge in [-0.25, -0.2) is 4.79 Å². The zero-order valence-electron chi connectivity index (χ0n) is 24.2. The highest BCUT2D eigenvalue weighted by Gasteiger charge is 2.39. The van der Waals surface area contributed by atoms with Gasteiger partial charge in [0, 0.05) is 44.2 Å². The molecule has 1 saturated heterocycles. The number of hydrogen-bond donors (Lipinski definition) is 2. The zero-order valence-corrected chi connectivity index (χ0v) is 24.2. The Balaban J connectivity index is 1.29. The first-order valence-corrected chi connectivity index (χ1v) is 14.9. The molecule has 2 aliphatic heterocycles. The van der Waals surface area contributed by atoms with E-state index in [0.29, 0.717) is 71.1 Å². The normalized spacial score (nSPS) is 21.3. The average Bonchev–Trinajstić information content (AvgIpc) is 3.36. The van der Waals surface area contributed by atoms with Crippen LogP contribution in [0.3, 0.4) is 0 Å². The van der Waals surface area contributed by atoms with Crippen LogP contribution in [0.2, 0.25) is 0 Å². The number of carbonyl (C=O) groups excluding carboxylic acids is 1. The number of aromatic nitrogens is 2. The highest BCUT2D eigenvalue weighted by atomic mass is 16.7. The van der Waals surface area contributed by atoms with Gasteiger partial charge in [0.2, 0.25) is 6.29 Å². The predicted octanol–water partition coefficient (Wildman–Crippen LogP) is 3.59. The van der Waals surface area contributed by atoms with Crippen LogP contribution in [0.25, 0.3) is 11.0 Å². The van der Waals surface area contributed by atoms with Crippen LogP contribution in [-0.2, 0) is 23.7 Å². The van der Waals surface area contributed by atoms with Gasteiger partial charge in [0.05, 0.1) is 37.5 Å². The Morgan fingerprint density at radius 3 is 2.45 bits per heavy atom. The fourth-order valence-corrected chi connectivity index (χ4v) is 6.01. The van der Waals surface area contributed by atoms with Crippen molar-refractivity contribution in [3.8, 4) is 0 Å². The molecule has 2 N–H and O–H groups in total. The highest BCUT2D eigenvalue weighted by Crippen LogP contribution is 2.39. The number of amides is 1. The molecule has 0 saturated carbocycles. The predicted molar refractivity (Wildman–Crippen MR) is 158 cm³/mol. The first-order chi connectivity index (χ1) is 20.6. The van der Waals surface area contributed by atoms with Crippen LogP contribution in [0.4, 0.5) is 0 Å². The van der Waals surface area contributed by atoms with Crippen molar-refractivity contribution in [2.45, 2.75) is 44.4 Å². The third-order valence-electron chi connectivity index (χ3n) is 8.06. The Morgan fingerprint density at radius 2 is 1.71 bits per heavy atom. The van der Waals surface area contributed by atoms with Crippen LogP contribution in [-0.4, -0.2) is 84.5 Å². The molecule has 0 spiro atoms. The average molecular weight is 580 g/mol. The maximum atomic E-state index is 13.8. The second kappa shape index (κ2) is 14.6. The SMILES string of the molecule is CCO[C@@H]1OC(C(=O)N2CCC(n3c(=O)[nH]c4ccccc43)CC2)=C[C@H](c2ccccc2)[C@H]1CCOCCOCCO. The Morgan fingerprint density at radius 1 is 1.00 bits per heavy atom. The maximum absolute atomic E-state index is 13.8. The summed E-state index contributed by atoms with van der Waals surface area (Å²) in [6, 6.07) is 17.8. The number of piperidine rings is 1. The van der Waals surface area contributed by atoms with Crippen LogP contribution in [0.1, 0.15) is 43.7 Å². The number of allylic oxidation sites excluding steroid dienone is 1. The number of likely N-dealkylation sites (tertiary alicyclic amines) is 1. The number of ether oxygens (including phenoxy) is 4. The summed E-state index contributed by atoms with van der Waals surface area (Å²) in [4.78, 5) is 31.3. The van der Waals surface area contributed by atoms with E-state index in [1.807, 2.05) is 64.9 Å². The number of nitrogens with zero attached hydrogens (tertiary/aromatic N) is 2. The molecular weight excluding hydrogens is 538 g/mol. The van der Waals surface area contributed by atoms with E-state index in [1.54, 1.807) is 0 Å². The van der Waals surface area contributed by atoms with Crippen molar-refractivity contribution in [3.63, 3.8) is 0 Å². The number of nitrogens with one attached hydrogen (secondary N) is 1. The van der Waals surface area contributed by atoms with Crippen molar-refractivity contribution in [3.05, 3.63) is 82.5 Å². The molecule has 1 fully saturated rings. The summed E-state index contributed by atoms with van der Waals surface area (Å²) in [6.07, 6.45) is 3.38. The minimum absolute atomic E-state index is 0.0102. The molecule has 0 unspecified atom stereocenters. The van der Waals surface area contributed by atoms with E-state index in [-0.39, 0.29) is 36.1 Å². The lowest BCUT2D eigenvalue weighted by Crippen LogP contribution is -2.44. The molecular formula is C32H41N3O7. The van der Waals surface area contributed by atoms with Crippen molar-refractivity contribution in [1.82, 2.24) is 14.5 Å². The summed E-state index contributed by atoms with van der Waals surface area (Å²) in [6.45, 7) is 5.05. The van der Waals surface area contributed by atoms with Crippen molar-refractivity contribution >= 4 is 16.9 Å². The number of aliphatic hydroxyl groups excluding tert-OH is 1. The summed E-state index contributed by atoms with van der Waals surface area (Å²) in [5.74, 6) is 0.00875. The van der Waals surface area contributed by atoms with Crippen molar-refractivity contribution in [2.24, 2.45) is 5.92 Å². The zero-order chi connectivity index (χ0) is 29.3. The fourth-order valence-electron chi connectivity index (χ4n) is 6.01. The van der Waals surface area contributed by atoms with Gasteiger partial charge >= 0.3 is 5.69 Å². The highest BCUT2D eigenvalue weighted by molar-refractivity contribution is 5.92. The molecule has 226 valence electrons. The van der Waals surface area contributed by atoms with E-state index in [9.17, 15) is 9.59 Å². The Bertz CT molecular complexity index is 1380. The molecule has 0 radical (unpaired) electrons. The van der Waals surface area contributed by atoms with Gasteiger partial charge in [-0.1, -0.05) is 42.5 Å². The van der Waals surface area contributed by atoms with Gasteiger partial charge in [-0.15, -0.1) is 0 Å². The maximum Gasteiger partial charge on any atom is 0.326 e. The first kappa shape index (κ1) is 30.0. The largest absolute Gasteiger partial charge is 0.459 e. The molecule has 10 nitrogen and oxygen atoms in total. The second-order valence-corrected chi connectivity index (χ2v) is 10.7. The van der Waals surface area contributed by atoms with E-state index in [4.69, 9.17) is 24.1 Å². The van der Waals surface area contributed by atoms with Crippen molar-refractivity contribution in [1.29, 1.82) is 0 Å². The Labute approximate surface area is 245 Å². The number of carbonyl (C=O) groups is 1. The molecule has 1 amide bonds. The number of hydrogen-bond acceptors (Lipinski definition) is 7. The number of imidazole rings is 1. The summed E-state index contributed by atoms with van der Waals surface area (Å²) in [5.41, 5.74) is 2.69. The number of fused-ring (bicyclic) bond motifs is 1. The van der Waals surface area contributed by atoms with Gasteiger partial charge in [0.25, 0.3) is 5.91 Å². The number of benzene rings is 2. The lowest BCUT2D eigenvalue weighted by molar-refractivity contribution is -0.172. The summed E-state index contributed by atoms with van der Waals surface area (Å²) in [5, 5.41) is 8.86. The van der Waals surface area contributed by atoms with Gasteiger partial charge in [-0.2, -0.15) is 0 Å². The number of rotatable bonds is 13. The smallest absolute Gasteiger partial charge is 0.326 e. The molecule has 0 aliphatic carbocycles. The fraction of sp³-hybridized carbons (Fsp3) is 0.500. The van der Waals surface area contributed by atoms with Crippen LogP contribution in [0.5, 0.6) is 0 Å². The monoisotopic (exact) mass is 579 g/mol. The first-order valence-electron chi connectivity index (χ1n) is 14.9. The lowest BCUT2D eigenvalue weighted by atomic mass is 9.81. The third kappa shape index (κ3) is 6.95. The molecule has 42 heavy (non-hydrogen) atoms. The third-order valence-corrected chi connectivity index (χ3v) is 8.06.